The minimum atomic E-state index is -0.784. The normalized spacial score (nSPS) is 21.6. The van der Waals surface area contributed by atoms with Gasteiger partial charge in [-0.15, -0.1) is 0 Å². The lowest BCUT2D eigenvalue weighted by Crippen LogP contribution is -2.48. The Kier molecular flexibility index (Phi) is 5.56. The Hall–Kier alpha value is -1.39. The molecule has 4 nitrogen and oxygen atoms in total. The Labute approximate surface area is 120 Å². The summed E-state index contributed by atoms with van der Waals surface area (Å²) in [5, 5.41) is 8.88. The molecule has 0 radical (unpaired) electrons. The molecule has 0 amide bonds. The summed E-state index contributed by atoms with van der Waals surface area (Å²) in [5.41, 5.74) is 1.33. The van der Waals surface area contributed by atoms with Crippen molar-refractivity contribution in [3.8, 4) is 0 Å². The van der Waals surface area contributed by atoms with E-state index in [2.05, 4.69) is 36.1 Å². The summed E-state index contributed by atoms with van der Waals surface area (Å²) < 4.78 is 5.54. The quantitative estimate of drug-likeness (QED) is 0.866. The molecule has 2 unspecified atom stereocenters. The number of carboxylic acid groups (broad SMARTS) is 1. The van der Waals surface area contributed by atoms with E-state index in [4.69, 9.17) is 9.84 Å². The molecule has 110 valence electrons. The van der Waals surface area contributed by atoms with Gasteiger partial charge in [-0.1, -0.05) is 37.3 Å². The number of carbonyl (C=O) groups is 1. The summed E-state index contributed by atoms with van der Waals surface area (Å²) >= 11 is 0. The highest BCUT2D eigenvalue weighted by molar-refractivity contribution is 5.67. The van der Waals surface area contributed by atoms with E-state index in [0.717, 1.165) is 25.9 Å². The van der Waals surface area contributed by atoms with Crippen molar-refractivity contribution in [1.82, 2.24) is 4.90 Å². The van der Waals surface area contributed by atoms with Gasteiger partial charge in [-0.25, -0.2) is 0 Å². The van der Waals surface area contributed by atoms with Crippen molar-refractivity contribution < 1.29 is 14.6 Å². The fraction of sp³-hybridized carbons (Fsp3) is 0.562. The van der Waals surface area contributed by atoms with Crippen molar-refractivity contribution in [2.75, 3.05) is 19.7 Å². The zero-order chi connectivity index (χ0) is 14.4. The lowest BCUT2D eigenvalue weighted by atomic mass is 10.0. The van der Waals surface area contributed by atoms with Crippen molar-refractivity contribution in [1.29, 1.82) is 0 Å². The van der Waals surface area contributed by atoms with E-state index >= 15 is 0 Å². The fourth-order valence-electron chi connectivity index (χ4n) is 2.81. The van der Waals surface area contributed by atoms with Gasteiger partial charge in [0.25, 0.3) is 0 Å². The van der Waals surface area contributed by atoms with Gasteiger partial charge in [0.05, 0.1) is 19.1 Å². The van der Waals surface area contributed by atoms with Crippen molar-refractivity contribution >= 4 is 5.97 Å². The van der Waals surface area contributed by atoms with E-state index in [1.165, 1.54) is 5.56 Å². The van der Waals surface area contributed by atoms with E-state index in [-0.39, 0.29) is 12.5 Å². The van der Waals surface area contributed by atoms with Crippen LogP contribution in [0.2, 0.25) is 0 Å². The third kappa shape index (κ3) is 4.32. The number of benzene rings is 1. The Morgan fingerprint density at radius 2 is 2.20 bits per heavy atom. The predicted molar refractivity (Wildman–Crippen MR) is 77.8 cm³/mol. The van der Waals surface area contributed by atoms with Crippen molar-refractivity contribution in [3.63, 3.8) is 0 Å². The first-order chi connectivity index (χ1) is 9.69. The summed E-state index contributed by atoms with van der Waals surface area (Å²) in [6.45, 7) is 4.43. The zero-order valence-electron chi connectivity index (χ0n) is 12.0. The van der Waals surface area contributed by atoms with Crippen LogP contribution >= 0.6 is 0 Å². The molecule has 1 fully saturated rings. The van der Waals surface area contributed by atoms with Crippen molar-refractivity contribution in [2.24, 2.45) is 0 Å². The minimum Gasteiger partial charge on any atom is -0.481 e. The summed E-state index contributed by atoms with van der Waals surface area (Å²) in [6, 6.07) is 10.9. The van der Waals surface area contributed by atoms with Crippen LogP contribution in [0.4, 0.5) is 0 Å². The van der Waals surface area contributed by atoms with Crippen molar-refractivity contribution in [3.05, 3.63) is 35.9 Å². The molecule has 2 atom stereocenters. The van der Waals surface area contributed by atoms with Crippen LogP contribution in [0.25, 0.3) is 0 Å². The van der Waals surface area contributed by atoms with Gasteiger partial charge in [0, 0.05) is 19.1 Å². The smallest absolute Gasteiger partial charge is 0.306 e. The number of aliphatic carboxylic acids is 1. The molecule has 0 bridgehead atoms. The van der Waals surface area contributed by atoms with Gasteiger partial charge < -0.3 is 9.84 Å². The molecule has 1 aliphatic heterocycles. The molecular formula is C16H23NO3. The average Bonchev–Trinajstić information content (AvgIpc) is 2.45. The van der Waals surface area contributed by atoms with Gasteiger partial charge >= 0.3 is 5.97 Å². The standard InChI is InChI=1S/C16H23NO3/c1-2-14(10-13-6-4-3-5-7-13)17-8-9-20-15(12-17)11-16(18)19/h3-7,14-15H,2,8-12H2,1H3,(H,18,19). The lowest BCUT2D eigenvalue weighted by molar-refractivity contribution is -0.142. The second kappa shape index (κ2) is 7.41. The van der Waals surface area contributed by atoms with E-state index in [9.17, 15) is 4.79 Å². The average molecular weight is 277 g/mol. The maximum Gasteiger partial charge on any atom is 0.306 e. The maximum atomic E-state index is 10.8. The summed E-state index contributed by atoms with van der Waals surface area (Å²) in [7, 11) is 0. The van der Waals surface area contributed by atoms with E-state index in [1.54, 1.807) is 0 Å². The number of hydrogen-bond acceptors (Lipinski definition) is 3. The van der Waals surface area contributed by atoms with Crippen LogP contribution in [0.1, 0.15) is 25.3 Å². The molecule has 20 heavy (non-hydrogen) atoms. The monoisotopic (exact) mass is 277 g/mol. The first-order valence-electron chi connectivity index (χ1n) is 7.30. The Balaban J connectivity index is 1.94. The van der Waals surface area contributed by atoms with Crippen LogP contribution in [-0.2, 0) is 16.0 Å². The van der Waals surface area contributed by atoms with E-state index in [0.29, 0.717) is 12.6 Å². The van der Waals surface area contributed by atoms with Gasteiger partial charge in [0.1, 0.15) is 0 Å². The number of morpholine rings is 1. The molecule has 1 saturated heterocycles. The van der Waals surface area contributed by atoms with E-state index < -0.39 is 5.97 Å². The van der Waals surface area contributed by atoms with Gasteiger partial charge in [-0.05, 0) is 18.4 Å². The Morgan fingerprint density at radius 1 is 1.45 bits per heavy atom. The molecule has 0 spiro atoms. The van der Waals surface area contributed by atoms with Gasteiger partial charge in [0.2, 0.25) is 0 Å². The number of rotatable bonds is 6. The highest BCUT2D eigenvalue weighted by Crippen LogP contribution is 2.17. The Bertz CT molecular complexity index is 421. The van der Waals surface area contributed by atoms with Crippen molar-refractivity contribution in [2.45, 2.75) is 38.3 Å². The highest BCUT2D eigenvalue weighted by Gasteiger charge is 2.26. The third-order valence-electron chi connectivity index (χ3n) is 3.87. The molecule has 1 N–H and O–H groups in total. The molecule has 1 aliphatic rings. The molecule has 1 heterocycles. The van der Waals surface area contributed by atoms with Crippen LogP contribution in [0.5, 0.6) is 0 Å². The van der Waals surface area contributed by atoms with Crippen LogP contribution in [-0.4, -0.2) is 47.8 Å². The van der Waals surface area contributed by atoms with Crippen LogP contribution in [0, 0.1) is 0 Å². The fourth-order valence-corrected chi connectivity index (χ4v) is 2.81. The number of carboxylic acids is 1. The molecule has 1 aromatic rings. The molecule has 0 aromatic heterocycles. The van der Waals surface area contributed by atoms with Gasteiger partial charge in [-0.3, -0.25) is 9.69 Å². The first-order valence-corrected chi connectivity index (χ1v) is 7.30. The van der Waals surface area contributed by atoms with Gasteiger partial charge in [0.15, 0.2) is 0 Å². The predicted octanol–water partition coefficient (Wildman–Crippen LogP) is 2.18. The topological polar surface area (TPSA) is 49.8 Å². The lowest BCUT2D eigenvalue weighted by Gasteiger charge is -2.37. The molecule has 0 aliphatic carbocycles. The van der Waals surface area contributed by atoms with E-state index in [1.807, 2.05) is 6.07 Å². The SMILES string of the molecule is CCC(Cc1ccccc1)N1CCOC(CC(=O)O)C1. The van der Waals surface area contributed by atoms with Crippen LogP contribution in [0.15, 0.2) is 30.3 Å². The highest BCUT2D eigenvalue weighted by atomic mass is 16.5. The third-order valence-corrected chi connectivity index (χ3v) is 3.87. The van der Waals surface area contributed by atoms with Crippen LogP contribution in [0.3, 0.4) is 0 Å². The molecule has 0 saturated carbocycles. The first kappa shape index (κ1) is 15.0. The number of nitrogens with zero attached hydrogens (tertiary/aromatic N) is 1. The second-order valence-electron chi connectivity index (χ2n) is 5.34. The zero-order valence-corrected chi connectivity index (χ0v) is 12.0. The molecule has 4 heteroatoms. The Morgan fingerprint density at radius 3 is 2.85 bits per heavy atom. The molecule has 1 aromatic carbocycles. The summed E-state index contributed by atoms with van der Waals surface area (Å²) in [6.07, 6.45) is 2.00. The molecular weight excluding hydrogens is 254 g/mol. The van der Waals surface area contributed by atoms with Crippen LogP contribution < -0.4 is 0 Å². The summed E-state index contributed by atoms with van der Waals surface area (Å²) in [4.78, 5) is 13.2. The number of ether oxygens (including phenoxy) is 1. The second-order valence-corrected chi connectivity index (χ2v) is 5.34. The largest absolute Gasteiger partial charge is 0.481 e. The summed E-state index contributed by atoms with van der Waals surface area (Å²) in [5.74, 6) is -0.784. The minimum absolute atomic E-state index is 0.0955. The molecule has 2 rings (SSSR count). The number of hydrogen-bond donors (Lipinski definition) is 1. The maximum absolute atomic E-state index is 10.8. The van der Waals surface area contributed by atoms with Gasteiger partial charge in [-0.2, -0.15) is 0 Å².